The normalized spacial score (nSPS) is 38.4. The first-order chi connectivity index (χ1) is 19.6. The number of aliphatic hydroxyl groups excluding tert-OH is 1. The van der Waals surface area contributed by atoms with E-state index in [-0.39, 0.29) is 18.2 Å². The van der Waals surface area contributed by atoms with E-state index < -0.39 is 75.5 Å². The second kappa shape index (κ2) is 13.5. The minimum Gasteiger partial charge on any atom is -0.458 e. The Hall–Kier alpha value is -2.44. The van der Waals surface area contributed by atoms with Gasteiger partial charge in [-0.1, -0.05) is 27.7 Å². The molecule has 1 aromatic rings. The van der Waals surface area contributed by atoms with Crippen LogP contribution in [0.15, 0.2) is 21.9 Å². The summed E-state index contributed by atoms with van der Waals surface area (Å²) in [7, 11) is 1.58. The van der Waals surface area contributed by atoms with Crippen molar-refractivity contribution in [2.24, 2.45) is 29.6 Å². The summed E-state index contributed by atoms with van der Waals surface area (Å²) in [5.74, 6) is -3.72. The van der Waals surface area contributed by atoms with E-state index in [1.165, 1.54) is 28.6 Å². The fourth-order valence-corrected chi connectivity index (χ4v) is 8.26. The number of fused-ring (bicyclic) bond motifs is 1. The highest BCUT2D eigenvalue weighted by Crippen LogP contribution is 2.48. The molecule has 10 atom stereocenters. The van der Waals surface area contributed by atoms with Crippen molar-refractivity contribution in [3.05, 3.63) is 33.1 Å². The summed E-state index contributed by atoms with van der Waals surface area (Å²) in [5.41, 5.74) is -3.10. The lowest BCUT2D eigenvalue weighted by molar-refractivity contribution is -0.186. The molecule has 2 N–H and O–H groups in total. The van der Waals surface area contributed by atoms with Gasteiger partial charge in [-0.2, -0.15) is 0 Å². The lowest BCUT2D eigenvalue weighted by Crippen LogP contribution is -2.53. The van der Waals surface area contributed by atoms with Crippen LogP contribution < -0.4 is 11.2 Å². The Morgan fingerprint density at radius 2 is 1.74 bits per heavy atom. The van der Waals surface area contributed by atoms with Crippen LogP contribution in [0.1, 0.15) is 67.7 Å². The lowest BCUT2D eigenvalue weighted by Gasteiger charge is -2.42. The number of esters is 2. The Morgan fingerprint density at radius 1 is 1.07 bits per heavy atom. The first-order valence-corrected chi connectivity index (χ1v) is 15.7. The lowest BCUT2D eigenvalue weighted by atomic mass is 9.70. The van der Waals surface area contributed by atoms with Crippen LogP contribution in [0.2, 0.25) is 0 Å². The van der Waals surface area contributed by atoms with E-state index in [4.69, 9.17) is 14.2 Å². The molecule has 12 heteroatoms. The summed E-state index contributed by atoms with van der Waals surface area (Å²) in [4.78, 5) is 66.6. The Balaban J connectivity index is 2.01. The van der Waals surface area contributed by atoms with E-state index in [2.05, 4.69) is 4.98 Å². The van der Waals surface area contributed by atoms with Crippen molar-refractivity contribution in [3.63, 3.8) is 0 Å². The number of nitrogens with zero attached hydrogens (tertiary/aromatic N) is 1. The minimum absolute atomic E-state index is 0.0601. The number of ketones is 1. The summed E-state index contributed by atoms with van der Waals surface area (Å²) < 4.78 is 19.2. The van der Waals surface area contributed by atoms with Gasteiger partial charge in [0.15, 0.2) is 5.60 Å². The zero-order valence-corrected chi connectivity index (χ0v) is 26.7. The van der Waals surface area contributed by atoms with Crippen molar-refractivity contribution in [1.29, 1.82) is 0 Å². The monoisotopic (exact) mass is 610 g/mol. The van der Waals surface area contributed by atoms with Gasteiger partial charge >= 0.3 is 17.6 Å². The molecule has 0 radical (unpaired) electrons. The molecule has 236 valence electrons. The number of carbonyl (C=O) groups excluding carboxylic acids is 3. The second-order valence-corrected chi connectivity index (χ2v) is 13.7. The number of aryl methyl sites for hydroxylation is 1. The molecule has 0 saturated carbocycles. The molecule has 0 amide bonds. The van der Waals surface area contributed by atoms with E-state index in [0.29, 0.717) is 25.0 Å². The minimum atomic E-state index is -1.31. The maximum atomic E-state index is 14.0. The number of aromatic nitrogens is 2. The van der Waals surface area contributed by atoms with E-state index in [1.54, 1.807) is 27.9 Å². The summed E-state index contributed by atoms with van der Waals surface area (Å²) >= 11 is 1.27. The van der Waals surface area contributed by atoms with Crippen LogP contribution >= 0.6 is 11.8 Å². The van der Waals surface area contributed by atoms with Crippen molar-refractivity contribution in [1.82, 2.24) is 9.55 Å². The quantitative estimate of drug-likeness (QED) is 0.460. The number of carbonyl (C=O) groups is 3. The number of hydrogen-bond donors (Lipinski definition) is 2. The molecule has 2 aliphatic rings. The largest absolute Gasteiger partial charge is 0.458 e. The fourth-order valence-electron chi connectivity index (χ4n) is 6.81. The van der Waals surface area contributed by atoms with Crippen molar-refractivity contribution >= 4 is 29.5 Å². The number of methoxy groups -OCH3 is 1. The predicted octanol–water partition coefficient (Wildman–Crippen LogP) is 2.57. The molecule has 3 rings (SSSR count). The van der Waals surface area contributed by atoms with Crippen LogP contribution in [0.25, 0.3) is 0 Å². The molecule has 2 fully saturated rings. The number of hydrogen-bond acceptors (Lipinski definition) is 10. The number of Topliss-reactive ketones (excluding diaryl/α,β-unsaturated/α-hetero) is 1. The molecule has 1 aromatic heterocycles. The van der Waals surface area contributed by atoms with Crippen molar-refractivity contribution in [3.8, 4) is 0 Å². The average molecular weight is 611 g/mol. The van der Waals surface area contributed by atoms with Gasteiger partial charge in [-0.3, -0.25) is 28.7 Å². The number of aliphatic hydroxyl groups is 1. The van der Waals surface area contributed by atoms with Gasteiger partial charge in [-0.15, -0.1) is 11.8 Å². The van der Waals surface area contributed by atoms with Crippen molar-refractivity contribution in [2.75, 3.05) is 12.9 Å². The summed E-state index contributed by atoms with van der Waals surface area (Å²) in [6.45, 7) is 12.8. The van der Waals surface area contributed by atoms with Gasteiger partial charge in [0.1, 0.15) is 17.1 Å². The van der Waals surface area contributed by atoms with Gasteiger partial charge in [0.25, 0.3) is 5.56 Å². The number of cyclic esters (lactones) is 1. The maximum absolute atomic E-state index is 14.0. The molecule has 10 unspecified atom stereocenters. The van der Waals surface area contributed by atoms with Crippen LogP contribution in [0.3, 0.4) is 0 Å². The van der Waals surface area contributed by atoms with Crippen molar-refractivity contribution < 1.29 is 33.7 Å². The first-order valence-electron chi connectivity index (χ1n) is 14.7. The van der Waals surface area contributed by atoms with Crippen LogP contribution in [0.4, 0.5) is 0 Å². The molecular weight excluding hydrogens is 564 g/mol. The van der Waals surface area contributed by atoms with E-state index in [9.17, 15) is 29.1 Å². The molecule has 42 heavy (non-hydrogen) atoms. The number of H-pyrrole nitrogens is 1. The number of ether oxygens (including phenoxy) is 3. The smallest absolute Gasteiger partial charge is 0.328 e. The topological polar surface area (TPSA) is 154 Å². The highest BCUT2D eigenvalue weighted by atomic mass is 32.2. The zero-order chi connectivity index (χ0) is 31.6. The highest BCUT2D eigenvalue weighted by molar-refractivity contribution is 8.00. The van der Waals surface area contributed by atoms with E-state index >= 15 is 0 Å². The van der Waals surface area contributed by atoms with E-state index in [0.717, 1.165) is 0 Å². The molecular formula is C30H46N2O9S. The molecule has 11 nitrogen and oxygen atoms in total. The summed E-state index contributed by atoms with van der Waals surface area (Å²) in [6.07, 6.45) is 0.680. The predicted molar refractivity (Wildman–Crippen MR) is 158 cm³/mol. The molecule has 0 aromatic carbocycles. The van der Waals surface area contributed by atoms with Crippen LogP contribution in [0.5, 0.6) is 0 Å². The fraction of sp³-hybridized carbons (Fsp3) is 0.767. The number of nitrogens with one attached hydrogen (secondary N) is 1. The van der Waals surface area contributed by atoms with Gasteiger partial charge in [-0.25, -0.2) is 4.79 Å². The summed E-state index contributed by atoms with van der Waals surface area (Å²) in [6, 6.07) is 1.25. The molecule has 2 aliphatic heterocycles. The molecule has 0 bridgehead atoms. The van der Waals surface area contributed by atoms with E-state index in [1.807, 2.05) is 27.7 Å². The standard InChI is InChI=1S/C30H46N2O9S/c1-9-20-30(7)22(25(27(37)41-30)42-13-12-32-11-10-21(33)31-28(32)38)18(4)23(34)16(2)14-29(6,39-8)15-17(3)24(35)19(5)26(36)40-20/h10-11,16-20,22,24-25,35H,9,12-15H2,1-8H3,(H,31,33,38). The summed E-state index contributed by atoms with van der Waals surface area (Å²) in [5, 5.41) is 10.3. The first kappa shape index (κ1) is 34.1. The highest BCUT2D eigenvalue weighted by Gasteiger charge is 2.61. The second-order valence-electron chi connectivity index (χ2n) is 12.5. The van der Waals surface area contributed by atoms with Crippen LogP contribution in [0, 0.1) is 29.6 Å². The SMILES string of the molecule is CCC1OC(=O)C(C)C(O)C(C)CC(C)(OC)CC(C)C(=O)C(C)C2C(SCCn3ccc(=O)[nH]c3=O)C(=O)OC12C. The Labute approximate surface area is 251 Å². The Bertz CT molecular complexity index is 1260. The van der Waals surface area contributed by atoms with Gasteiger partial charge in [0, 0.05) is 49.4 Å². The van der Waals surface area contributed by atoms with Crippen LogP contribution in [-0.2, 0) is 35.1 Å². The number of aromatic amines is 1. The van der Waals surface area contributed by atoms with Gasteiger partial charge in [0.2, 0.25) is 0 Å². The van der Waals surface area contributed by atoms with Gasteiger partial charge in [0.05, 0.1) is 17.6 Å². The third kappa shape index (κ3) is 7.02. The van der Waals surface area contributed by atoms with Gasteiger partial charge in [-0.05, 0) is 46.0 Å². The zero-order valence-electron chi connectivity index (χ0n) is 25.9. The molecule has 2 saturated heterocycles. The molecule has 3 heterocycles. The average Bonchev–Trinajstić information content (AvgIpc) is 3.19. The third-order valence-electron chi connectivity index (χ3n) is 9.26. The molecule has 0 spiro atoms. The van der Waals surface area contributed by atoms with Crippen LogP contribution in [-0.4, -0.2) is 73.9 Å². The third-order valence-corrected chi connectivity index (χ3v) is 10.5. The maximum Gasteiger partial charge on any atom is 0.328 e. The molecule has 0 aliphatic carbocycles. The number of thioether (sulfide) groups is 1. The van der Waals surface area contributed by atoms with Gasteiger partial charge < -0.3 is 19.3 Å². The number of rotatable bonds is 6. The Kier molecular flexibility index (Phi) is 10.9. The Morgan fingerprint density at radius 3 is 2.33 bits per heavy atom. The van der Waals surface area contributed by atoms with Crippen molar-refractivity contribution in [2.45, 2.75) is 103 Å².